The third-order valence-corrected chi connectivity index (χ3v) is 2.41. The van der Waals surface area contributed by atoms with Crippen molar-refractivity contribution < 1.29 is 9.15 Å². The molecule has 20 heavy (non-hydrogen) atoms. The first-order valence-electron chi connectivity index (χ1n) is 6.19. The largest absolute Gasteiger partial charge is 0.494 e. The van der Waals surface area contributed by atoms with Gasteiger partial charge in [0.15, 0.2) is 6.39 Å². The summed E-state index contributed by atoms with van der Waals surface area (Å²) in [4.78, 5) is 3.72. The first-order chi connectivity index (χ1) is 9.83. The van der Waals surface area contributed by atoms with Gasteiger partial charge in [0.1, 0.15) is 11.8 Å². The summed E-state index contributed by atoms with van der Waals surface area (Å²) >= 11 is 0. The van der Waals surface area contributed by atoms with E-state index in [2.05, 4.69) is 22.4 Å². The summed E-state index contributed by atoms with van der Waals surface area (Å²) in [5.41, 5.74) is 3.70. The van der Waals surface area contributed by atoms with E-state index < -0.39 is 0 Å². The van der Waals surface area contributed by atoms with Gasteiger partial charge in [-0.2, -0.15) is 10.4 Å². The molecule has 0 spiro atoms. The van der Waals surface area contributed by atoms with Gasteiger partial charge >= 0.3 is 0 Å². The zero-order chi connectivity index (χ0) is 14.2. The Labute approximate surface area is 116 Å². The molecule has 0 aliphatic carbocycles. The van der Waals surface area contributed by atoms with E-state index in [4.69, 9.17) is 14.4 Å². The van der Waals surface area contributed by atoms with Crippen molar-refractivity contribution in [3.05, 3.63) is 41.9 Å². The Hall–Kier alpha value is -2.81. The number of nitriles is 1. The van der Waals surface area contributed by atoms with Crippen LogP contribution in [-0.4, -0.2) is 17.8 Å². The van der Waals surface area contributed by atoms with E-state index in [0.29, 0.717) is 6.61 Å². The predicted octanol–water partition coefficient (Wildman–Crippen LogP) is 2.78. The highest BCUT2D eigenvalue weighted by molar-refractivity contribution is 5.80. The lowest BCUT2D eigenvalue weighted by atomic mass is 10.2. The zero-order valence-electron chi connectivity index (χ0n) is 11.0. The number of nitrogens with one attached hydrogen (secondary N) is 1. The lowest BCUT2D eigenvalue weighted by Gasteiger charge is -2.03. The Bertz CT molecular complexity index is 611. The van der Waals surface area contributed by atoms with Crippen LogP contribution in [0, 0.1) is 11.3 Å². The quantitative estimate of drug-likeness (QED) is 0.644. The lowest BCUT2D eigenvalue weighted by Crippen LogP contribution is -1.95. The number of benzene rings is 1. The number of ether oxygens (including phenoxy) is 1. The highest BCUT2D eigenvalue weighted by Crippen LogP contribution is 2.13. The van der Waals surface area contributed by atoms with Crippen molar-refractivity contribution in [2.24, 2.45) is 5.10 Å². The molecule has 0 fully saturated rings. The van der Waals surface area contributed by atoms with Gasteiger partial charge in [0.2, 0.25) is 5.69 Å². The fourth-order valence-corrected chi connectivity index (χ4v) is 1.44. The van der Waals surface area contributed by atoms with Crippen molar-refractivity contribution in [1.82, 2.24) is 4.98 Å². The molecule has 0 bridgehead atoms. The van der Waals surface area contributed by atoms with Crippen molar-refractivity contribution in [2.45, 2.75) is 13.3 Å². The molecule has 0 radical (unpaired) electrons. The molecule has 0 aliphatic rings. The Morgan fingerprint density at radius 2 is 2.25 bits per heavy atom. The number of anilines is 1. The molecule has 1 aromatic heterocycles. The Morgan fingerprint density at radius 1 is 1.45 bits per heavy atom. The predicted molar refractivity (Wildman–Crippen MR) is 74.7 cm³/mol. The number of nitrogens with zero attached hydrogens (tertiary/aromatic N) is 3. The summed E-state index contributed by atoms with van der Waals surface area (Å²) in [6.07, 6.45) is 3.79. The molecule has 0 atom stereocenters. The van der Waals surface area contributed by atoms with Gasteiger partial charge in [-0.05, 0) is 36.2 Å². The van der Waals surface area contributed by atoms with Gasteiger partial charge < -0.3 is 9.15 Å². The molecule has 2 aromatic rings. The maximum atomic E-state index is 8.75. The van der Waals surface area contributed by atoms with Gasteiger partial charge in [0, 0.05) is 0 Å². The summed E-state index contributed by atoms with van der Waals surface area (Å²) in [5, 5.41) is 12.7. The molecule has 6 heteroatoms. The minimum absolute atomic E-state index is 0.172. The number of hydrogen-bond acceptors (Lipinski definition) is 6. The van der Waals surface area contributed by atoms with Crippen LogP contribution < -0.4 is 10.2 Å². The highest BCUT2D eigenvalue weighted by atomic mass is 16.5. The van der Waals surface area contributed by atoms with Crippen LogP contribution in [0.1, 0.15) is 24.6 Å². The molecular formula is C14H14N4O2. The van der Waals surface area contributed by atoms with Crippen LogP contribution in [0.4, 0.5) is 5.88 Å². The highest BCUT2D eigenvalue weighted by Gasteiger charge is 2.04. The molecule has 2 rings (SSSR count). The van der Waals surface area contributed by atoms with Crippen molar-refractivity contribution >= 4 is 12.1 Å². The van der Waals surface area contributed by atoms with E-state index >= 15 is 0 Å². The zero-order valence-corrected chi connectivity index (χ0v) is 11.0. The summed E-state index contributed by atoms with van der Waals surface area (Å²) < 4.78 is 10.5. The van der Waals surface area contributed by atoms with E-state index in [9.17, 15) is 0 Å². The van der Waals surface area contributed by atoms with E-state index in [1.54, 1.807) is 6.21 Å². The minimum Gasteiger partial charge on any atom is -0.494 e. The fourth-order valence-electron chi connectivity index (χ4n) is 1.44. The number of rotatable bonds is 6. The molecule has 1 aromatic carbocycles. The van der Waals surface area contributed by atoms with Crippen LogP contribution >= 0.6 is 0 Å². The molecule has 1 heterocycles. The average molecular weight is 270 g/mol. The normalized spacial score (nSPS) is 10.4. The van der Waals surface area contributed by atoms with E-state index in [-0.39, 0.29) is 11.6 Å². The van der Waals surface area contributed by atoms with E-state index in [1.807, 2.05) is 30.3 Å². The first kappa shape index (κ1) is 13.6. The Morgan fingerprint density at radius 3 is 2.95 bits per heavy atom. The third-order valence-electron chi connectivity index (χ3n) is 2.41. The average Bonchev–Trinajstić information content (AvgIpc) is 2.94. The molecular weight excluding hydrogens is 256 g/mol. The summed E-state index contributed by atoms with van der Waals surface area (Å²) in [7, 11) is 0. The first-order valence-corrected chi connectivity index (χ1v) is 6.19. The summed E-state index contributed by atoms with van der Waals surface area (Å²) in [6, 6.07) is 9.44. The van der Waals surface area contributed by atoms with Gasteiger partial charge in [-0.25, -0.2) is 10.4 Å². The molecule has 0 amide bonds. The molecule has 0 aliphatic heterocycles. The van der Waals surface area contributed by atoms with Crippen molar-refractivity contribution in [1.29, 1.82) is 5.26 Å². The molecule has 102 valence electrons. The Balaban J connectivity index is 1.93. The molecule has 0 saturated heterocycles. The van der Waals surface area contributed by atoms with Crippen LogP contribution in [0.25, 0.3) is 0 Å². The smallest absolute Gasteiger partial charge is 0.251 e. The SMILES string of the molecule is CCCOc1ccc(C=NNc2ocnc2C#N)cc1. The third kappa shape index (κ3) is 3.59. The molecule has 0 saturated carbocycles. The van der Waals surface area contributed by atoms with Gasteiger partial charge in [-0.3, -0.25) is 0 Å². The summed E-state index contributed by atoms with van der Waals surface area (Å²) in [6.45, 7) is 2.77. The Kier molecular flexibility index (Phi) is 4.73. The maximum Gasteiger partial charge on any atom is 0.251 e. The van der Waals surface area contributed by atoms with Crippen LogP contribution in [0.15, 0.2) is 40.2 Å². The second-order valence-electron chi connectivity index (χ2n) is 3.93. The van der Waals surface area contributed by atoms with Crippen LogP contribution in [-0.2, 0) is 0 Å². The standard InChI is InChI=1S/C14H14N4O2/c1-2-7-19-12-5-3-11(4-6-12)9-17-18-14-13(8-15)16-10-20-14/h3-6,9-10,18H,2,7H2,1H3. The number of hydrazone groups is 1. The van der Waals surface area contributed by atoms with Crippen molar-refractivity contribution in [3.63, 3.8) is 0 Å². The number of oxazole rings is 1. The monoisotopic (exact) mass is 270 g/mol. The number of hydrogen-bond donors (Lipinski definition) is 1. The van der Waals surface area contributed by atoms with Crippen LogP contribution in [0.5, 0.6) is 5.75 Å². The van der Waals surface area contributed by atoms with Gasteiger partial charge in [-0.15, -0.1) is 0 Å². The maximum absolute atomic E-state index is 8.75. The number of aromatic nitrogens is 1. The van der Waals surface area contributed by atoms with Crippen molar-refractivity contribution in [3.8, 4) is 11.8 Å². The van der Waals surface area contributed by atoms with E-state index in [1.165, 1.54) is 6.39 Å². The summed E-state index contributed by atoms with van der Waals surface area (Å²) in [5.74, 6) is 1.06. The second-order valence-corrected chi connectivity index (χ2v) is 3.93. The van der Waals surface area contributed by atoms with Gasteiger partial charge in [-0.1, -0.05) is 6.92 Å². The van der Waals surface area contributed by atoms with Crippen molar-refractivity contribution in [2.75, 3.05) is 12.0 Å². The minimum atomic E-state index is 0.172. The second kappa shape index (κ2) is 6.95. The van der Waals surface area contributed by atoms with E-state index in [0.717, 1.165) is 17.7 Å². The van der Waals surface area contributed by atoms with Crippen LogP contribution in [0.3, 0.4) is 0 Å². The van der Waals surface area contributed by atoms with Crippen LogP contribution in [0.2, 0.25) is 0 Å². The topological polar surface area (TPSA) is 83.4 Å². The van der Waals surface area contributed by atoms with Gasteiger partial charge in [0.25, 0.3) is 5.88 Å². The molecule has 1 N–H and O–H groups in total. The molecule has 6 nitrogen and oxygen atoms in total. The van der Waals surface area contributed by atoms with Gasteiger partial charge in [0.05, 0.1) is 12.8 Å². The lowest BCUT2D eigenvalue weighted by molar-refractivity contribution is 0.317. The molecule has 0 unspecified atom stereocenters. The fraction of sp³-hybridized carbons (Fsp3) is 0.214.